The van der Waals surface area contributed by atoms with Crippen molar-refractivity contribution in [1.82, 2.24) is 0 Å². The molecule has 0 spiro atoms. The van der Waals surface area contributed by atoms with E-state index >= 15 is 0 Å². The minimum absolute atomic E-state index is 0.0179. The van der Waals surface area contributed by atoms with E-state index in [1.165, 1.54) is 18.2 Å². The third-order valence-electron chi connectivity index (χ3n) is 1.87. The van der Waals surface area contributed by atoms with Crippen LogP contribution < -0.4 is 5.32 Å². The number of hydrogen-bond acceptors (Lipinski definition) is 2. The molecule has 70 valence electrons. The van der Waals surface area contributed by atoms with Gasteiger partial charge in [0, 0.05) is 24.7 Å². The van der Waals surface area contributed by atoms with Crippen molar-refractivity contribution in [2.75, 3.05) is 12.4 Å². The maximum Gasteiger partial charge on any atom is 0.164 e. The molecule has 1 rings (SSSR count). The molecular weight excluding hydrogens is 169 g/mol. The van der Waals surface area contributed by atoms with Gasteiger partial charge in [0.1, 0.15) is 5.82 Å². The van der Waals surface area contributed by atoms with Crippen LogP contribution >= 0.6 is 0 Å². The van der Waals surface area contributed by atoms with E-state index in [-0.39, 0.29) is 11.6 Å². The topological polar surface area (TPSA) is 29.1 Å². The second kappa shape index (κ2) is 4.03. The predicted octanol–water partition coefficient (Wildman–Crippen LogP) is 2.46. The van der Waals surface area contributed by atoms with Gasteiger partial charge in [-0.2, -0.15) is 0 Å². The fourth-order valence-corrected chi connectivity index (χ4v) is 1.16. The molecule has 0 heterocycles. The number of hydrogen-bond donors (Lipinski definition) is 1. The van der Waals surface area contributed by atoms with E-state index in [4.69, 9.17) is 0 Å². The number of benzene rings is 1. The van der Waals surface area contributed by atoms with E-state index < -0.39 is 0 Å². The van der Waals surface area contributed by atoms with Crippen LogP contribution in [0.5, 0.6) is 0 Å². The Hall–Kier alpha value is -1.38. The Morgan fingerprint density at radius 2 is 2.23 bits per heavy atom. The first-order valence-corrected chi connectivity index (χ1v) is 4.19. The lowest BCUT2D eigenvalue weighted by molar-refractivity contribution is 0.0989. The zero-order valence-corrected chi connectivity index (χ0v) is 7.73. The quantitative estimate of drug-likeness (QED) is 0.726. The van der Waals surface area contributed by atoms with Gasteiger partial charge in [-0.15, -0.1) is 0 Å². The van der Waals surface area contributed by atoms with Crippen LogP contribution in [0.15, 0.2) is 18.2 Å². The van der Waals surface area contributed by atoms with Crippen LogP contribution in [0.2, 0.25) is 0 Å². The largest absolute Gasteiger partial charge is 0.387 e. The number of rotatable bonds is 3. The summed E-state index contributed by atoms with van der Waals surface area (Å²) in [6.07, 6.45) is 0.431. The summed E-state index contributed by atoms with van der Waals surface area (Å²) in [5, 5.41) is 2.79. The van der Waals surface area contributed by atoms with Crippen LogP contribution in [-0.2, 0) is 0 Å². The molecule has 2 nitrogen and oxygen atoms in total. The Morgan fingerprint density at radius 1 is 1.54 bits per heavy atom. The first kappa shape index (κ1) is 9.71. The minimum Gasteiger partial charge on any atom is -0.387 e. The molecule has 0 fully saturated rings. The second-order valence-corrected chi connectivity index (χ2v) is 2.72. The molecule has 0 aliphatic carbocycles. The fraction of sp³-hybridized carbons (Fsp3) is 0.300. The van der Waals surface area contributed by atoms with Crippen molar-refractivity contribution < 1.29 is 9.18 Å². The summed E-state index contributed by atoms with van der Waals surface area (Å²) < 4.78 is 12.8. The van der Waals surface area contributed by atoms with E-state index in [9.17, 15) is 9.18 Å². The summed E-state index contributed by atoms with van der Waals surface area (Å²) in [6, 6.07) is 4.12. The van der Waals surface area contributed by atoms with Gasteiger partial charge in [0.15, 0.2) is 5.78 Å². The Balaban J connectivity index is 3.13. The number of Topliss-reactive ketones (excluding diaryl/α,β-unsaturated/α-hetero) is 1. The first-order valence-electron chi connectivity index (χ1n) is 4.19. The van der Waals surface area contributed by atoms with E-state index in [1.807, 2.05) is 0 Å². The number of anilines is 1. The molecule has 13 heavy (non-hydrogen) atoms. The van der Waals surface area contributed by atoms with Gasteiger partial charge < -0.3 is 5.32 Å². The Labute approximate surface area is 76.8 Å². The van der Waals surface area contributed by atoms with Gasteiger partial charge in [0.2, 0.25) is 0 Å². The molecule has 0 saturated heterocycles. The van der Waals surface area contributed by atoms with E-state index in [0.717, 1.165) is 0 Å². The van der Waals surface area contributed by atoms with Gasteiger partial charge in [-0.3, -0.25) is 4.79 Å². The molecule has 0 amide bonds. The van der Waals surface area contributed by atoms with Crippen LogP contribution in [-0.4, -0.2) is 12.8 Å². The third-order valence-corrected chi connectivity index (χ3v) is 1.87. The van der Waals surface area contributed by atoms with Crippen molar-refractivity contribution in [3.8, 4) is 0 Å². The molecule has 1 N–H and O–H groups in total. The Bertz CT molecular complexity index is 323. The maximum atomic E-state index is 12.8. The maximum absolute atomic E-state index is 12.8. The standard InChI is InChI=1S/C10H12FNO/c1-3-10(13)8-5-4-7(11)6-9(8)12-2/h4-6,12H,3H2,1-2H3. The zero-order chi connectivity index (χ0) is 9.84. The monoisotopic (exact) mass is 181 g/mol. The summed E-state index contributed by atoms with van der Waals surface area (Å²) in [4.78, 5) is 11.3. The van der Waals surface area contributed by atoms with E-state index in [1.54, 1.807) is 14.0 Å². The summed E-state index contributed by atoms with van der Waals surface area (Å²) in [5.41, 5.74) is 1.10. The number of carbonyl (C=O) groups excluding carboxylic acids is 1. The Morgan fingerprint density at radius 3 is 2.77 bits per heavy atom. The third kappa shape index (κ3) is 2.05. The summed E-state index contributed by atoms with van der Waals surface area (Å²) in [5.74, 6) is -0.318. The number of halogens is 1. The van der Waals surface area contributed by atoms with Crippen LogP contribution in [0.3, 0.4) is 0 Å². The zero-order valence-electron chi connectivity index (χ0n) is 7.73. The highest BCUT2D eigenvalue weighted by Gasteiger charge is 2.08. The summed E-state index contributed by atoms with van der Waals surface area (Å²) in [7, 11) is 1.67. The molecule has 0 aliphatic heterocycles. The highest BCUT2D eigenvalue weighted by Crippen LogP contribution is 2.17. The van der Waals surface area contributed by atoms with Crippen molar-refractivity contribution in [2.24, 2.45) is 0 Å². The first-order chi connectivity index (χ1) is 6.19. The molecule has 1 aromatic carbocycles. The highest BCUT2D eigenvalue weighted by molar-refractivity contribution is 6.00. The average molecular weight is 181 g/mol. The fourth-order valence-electron chi connectivity index (χ4n) is 1.16. The molecular formula is C10H12FNO. The number of ketones is 1. The second-order valence-electron chi connectivity index (χ2n) is 2.72. The molecule has 1 aromatic rings. The van der Waals surface area contributed by atoms with Gasteiger partial charge >= 0.3 is 0 Å². The van der Waals surface area contributed by atoms with E-state index in [0.29, 0.717) is 17.7 Å². The SMILES string of the molecule is CCC(=O)c1ccc(F)cc1NC. The van der Waals surface area contributed by atoms with Crippen LogP contribution in [0.25, 0.3) is 0 Å². The summed E-state index contributed by atoms with van der Waals surface area (Å²) >= 11 is 0. The smallest absolute Gasteiger partial charge is 0.164 e. The van der Waals surface area contributed by atoms with Crippen molar-refractivity contribution >= 4 is 11.5 Å². The van der Waals surface area contributed by atoms with Crippen LogP contribution in [0.4, 0.5) is 10.1 Å². The van der Waals surface area contributed by atoms with Crippen LogP contribution in [0, 0.1) is 5.82 Å². The number of nitrogens with one attached hydrogen (secondary N) is 1. The number of carbonyl (C=O) groups is 1. The molecule has 0 bridgehead atoms. The van der Waals surface area contributed by atoms with Gasteiger partial charge in [-0.05, 0) is 18.2 Å². The van der Waals surface area contributed by atoms with E-state index in [2.05, 4.69) is 5.32 Å². The lowest BCUT2D eigenvalue weighted by Crippen LogP contribution is -2.02. The molecule has 0 saturated carbocycles. The lowest BCUT2D eigenvalue weighted by Gasteiger charge is -2.06. The minimum atomic E-state index is -0.336. The molecule has 0 radical (unpaired) electrons. The lowest BCUT2D eigenvalue weighted by atomic mass is 10.1. The molecule has 3 heteroatoms. The normalized spacial score (nSPS) is 9.77. The Kier molecular flexibility index (Phi) is 3.01. The molecule has 0 aromatic heterocycles. The summed E-state index contributed by atoms with van der Waals surface area (Å²) in [6.45, 7) is 1.78. The molecule has 0 atom stereocenters. The van der Waals surface area contributed by atoms with Gasteiger partial charge in [0.05, 0.1) is 0 Å². The highest BCUT2D eigenvalue weighted by atomic mass is 19.1. The molecule has 0 aliphatic rings. The van der Waals surface area contributed by atoms with Gasteiger partial charge in [0.25, 0.3) is 0 Å². The predicted molar refractivity (Wildman–Crippen MR) is 50.6 cm³/mol. The van der Waals surface area contributed by atoms with Crippen molar-refractivity contribution in [3.05, 3.63) is 29.6 Å². The molecule has 0 unspecified atom stereocenters. The van der Waals surface area contributed by atoms with Crippen molar-refractivity contribution in [3.63, 3.8) is 0 Å². The average Bonchev–Trinajstić information content (AvgIpc) is 2.16. The van der Waals surface area contributed by atoms with Crippen molar-refractivity contribution in [2.45, 2.75) is 13.3 Å². The van der Waals surface area contributed by atoms with Crippen molar-refractivity contribution in [1.29, 1.82) is 0 Å². The van der Waals surface area contributed by atoms with Gasteiger partial charge in [-0.25, -0.2) is 4.39 Å². The van der Waals surface area contributed by atoms with Gasteiger partial charge in [-0.1, -0.05) is 6.92 Å². The van der Waals surface area contributed by atoms with Crippen LogP contribution in [0.1, 0.15) is 23.7 Å².